The topological polar surface area (TPSA) is 26.6 Å². The second-order valence-electron chi connectivity index (χ2n) is 8.77. The van der Waals surface area contributed by atoms with Gasteiger partial charge in [0.25, 0.3) is 0 Å². The molecule has 2 aliphatic carbocycles. The maximum atomic E-state index is 6.28. The molecule has 0 aromatic heterocycles. The minimum absolute atomic E-state index is 0.0814. The molecule has 2 nitrogen and oxygen atoms in total. The van der Waals surface area contributed by atoms with Crippen LogP contribution in [0.2, 0.25) is 0 Å². The second-order valence-corrected chi connectivity index (χ2v) is 8.77. The van der Waals surface area contributed by atoms with Crippen LogP contribution in [0.4, 0.5) is 0 Å². The van der Waals surface area contributed by atoms with Crippen LogP contribution >= 0.6 is 0 Å². The van der Waals surface area contributed by atoms with Crippen LogP contribution in [0.3, 0.4) is 0 Å². The van der Waals surface area contributed by atoms with Gasteiger partial charge < -0.3 is 10.1 Å². The van der Waals surface area contributed by atoms with Gasteiger partial charge in [0, 0.05) is 0 Å². The lowest BCUT2D eigenvalue weighted by molar-refractivity contribution is 0.0593. The van der Waals surface area contributed by atoms with Crippen molar-refractivity contribution in [1.29, 1.82) is 0 Å². The Morgan fingerprint density at radius 3 is 2.70 bits per heavy atom. The van der Waals surface area contributed by atoms with Gasteiger partial charge in [-0.15, -0.1) is 5.54 Å². The third kappa shape index (κ3) is 3.05. The predicted octanol–water partition coefficient (Wildman–Crippen LogP) is 5.64. The van der Waals surface area contributed by atoms with Gasteiger partial charge in [-0.2, -0.15) is 7.05 Å². The summed E-state index contributed by atoms with van der Waals surface area (Å²) < 4.78 is 6.28. The molecule has 0 bridgehead atoms. The Hall–Kier alpha value is -0.600. The number of ether oxygens (including phenoxy) is 1. The van der Waals surface area contributed by atoms with E-state index in [1.165, 1.54) is 31.3 Å². The molecular weight excluding hydrogens is 282 g/mol. The third-order valence-corrected chi connectivity index (χ3v) is 6.98. The third-order valence-electron chi connectivity index (χ3n) is 6.98. The van der Waals surface area contributed by atoms with Crippen LogP contribution in [-0.2, 0) is 4.74 Å². The number of nitrogens with zero attached hydrogens (tertiary/aromatic N) is 1. The molecule has 2 heteroatoms. The van der Waals surface area contributed by atoms with Gasteiger partial charge in [-0.05, 0) is 71.1 Å². The van der Waals surface area contributed by atoms with E-state index < -0.39 is 0 Å². The Kier molecular flexibility index (Phi) is 4.52. The summed E-state index contributed by atoms with van der Waals surface area (Å²) in [6.45, 7) is 11.4. The Morgan fingerprint density at radius 2 is 2.04 bits per heavy atom. The highest BCUT2D eigenvalue weighted by Gasteiger charge is 2.60. The zero-order valence-corrected chi connectivity index (χ0v) is 15.9. The summed E-state index contributed by atoms with van der Waals surface area (Å²) >= 11 is 0. The molecular formula is C21H34NO-. The van der Waals surface area contributed by atoms with Gasteiger partial charge in [0.15, 0.2) is 0 Å². The van der Waals surface area contributed by atoms with Gasteiger partial charge in [-0.1, -0.05) is 36.6 Å². The molecule has 3 rings (SSSR count). The van der Waals surface area contributed by atoms with Crippen LogP contribution in [0.25, 0.3) is 5.32 Å². The fourth-order valence-electron chi connectivity index (χ4n) is 5.22. The zero-order valence-electron chi connectivity index (χ0n) is 15.9. The average molecular weight is 317 g/mol. The van der Waals surface area contributed by atoms with E-state index in [9.17, 15) is 0 Å². The van der Waals surface area contributed by atoms with Crippen LogP contribution in [-0.4, -0.2) is 24.3 Å². The quantitative estimate of drug-likeness (QED) is 0.486. The standard InChI is InChI=1S/C21H34NO/c1-14(2)7-10-19-21(5,23-19)18-11-12-20(4,22-6)17-9-8-15(3)13-16(17)18/h7,13,16-19H,8-12H2,1-6H3/q-1/t16-,17-,18-,19?,20-,21-/m0/s1. The summed E-state index contributed by atoms with van der Waals surface area (Å²) in [7, 11) is 2.02. The molecule has 2 fully saturated rings. The fraction of sp³-hybridized carbons (Fsp3) is 0.810. The first-order chi connectivity index (χ1) is 10.8. The molecule has 1 saturated heterocycles. The Labute approximate surface area is 142 Å². The van der Waals surface area contributed by atoms with Crippen LogP contribution in [0.1, 0.15) is 66.7 Å². The first-order valence-corrected chi connectivity index (χ1v) is 9.39. The summed E-state index contributed by atoms with van der Waals surface area (Å²) in [5.74, 6) is 2.00. The van der Waals surface area contributed by atoms with Crippen LogP contribution < -0.4 is 0 Å². The van der Waals surface area contributed by atoms with E-state index in [2.05, 4.69) is 46.8 Å². The minimum Gasteiger partial charge on any atom is -0.659 e. The van der Waals surface area contributed by atoms with Crippen molar-refractivity contribution in [3.8, 4) is 0 Å². The maximum Gasteiger partial charge on any atom is 0.0957 e. The van der Waals surface area contributed by atoms with Crippen molar-refractivity contribution in [3.05, 3.63) is 28.6 Å². The first-order valence-electron chi connectivity index (χ1n) is 9.39. The van der Waals surface area contributed by atoms with Gasteiger partial charge in [-0.3, -0.25) is 0 Å². The Balaban J connectivity index is 1.81. The Bertz CT molecular complexity index is 518. The zero-order chi connectivity index (χ0) is 16.8. The summed E-state index contributed by atoms with van der Waals surface area (Å²) in [5, 5.41) is 4.82. The van der Waals surface area contributed by atoms with E-state index in [0.29, 0.717) is 23.9 Å². The van der Waals surface area contributed by atoms with Gasteiger partial charge in [0.2, 0.25) is 0 Å². The largest absolute Gasteiger partial charge is 0.659 e. The number of hydrogen-bond acceptors (Lipinski definition) is 1. The second kappa shape index (κ2) is 6.04. The van der Waals surface area contributed by atoms with Crippen molar-refractivity contribution in [2.75, 3.05) is 7.05 Å². The molecule has 3 aliphatic rings. The summed E-state index contributed by atoms with van der Waals surface area (Å²) in [6.07, 6.45) is 11.4. The lowest BCUT2D eigenvalue weighted by atomic mass is 9.56. The van der Waals surface area contributed by atoms with Crippen molar-refractivity contribution in [1.82, 2.24) is 0 Å². The lowest BCUT2D eigenvalue weighted by Gasteiger charge is -2.58. The van der Waals surface area contributed by atoms with Gasteiger partial charge in [-0.25, -0.2) is 0 Å². The van der Waals surface area contributed by atoms with Crippen molar-refractivity contribution < 1.29 is 4.74 Å². The molecule has 1 aliphatic heterocycles. The SMILES string of the molecule is C[N-][C@@]1(C)CC[C@H]([C@]2(C)OC2CC=C(C)C)[C@H]2C=C(C)CC[C@@H]21. The summed E-state index contributed by atoms with van der Waals surface area (Å²) in [5.41, 5.74) is 3.22. The molecule has 0 radical (unpaired) electrons. The highest BCUT2D eigenvalue weighted by Crippen LogP contribution is 2.58. The number of hydrogen-bond donors (Lipinski definition) is 0. The molecule has 0 amide bonds. The van der Waals surface area contributed by atoms with Crippen molar-refractivity contribution in [2.45, 2.75) is 84.0 Å². The smallest absolute Gasteiger partial charge is 0.0957 e. The van der Waals surface area contributed by atoms with Crippen LogP contribution in [0.5, 0.6) is 0 Å². The average Bonchev–Trinajstić information content (AvgIpc) is 3.16. The van der Waals surface area contributed by atoms with Gasteiger partial charge >= 0.3 is 0 Å². The molecule has 0 aromatic rings. The lowest BCUT2D eigenvalue weighted by Crippen LogP contribution is -2.49. The van der Waals surface area contributed by atoms with Crippen molar-refractivity contribution >= 4 is 0 Å². The highest BCUT2D eigenvalue weighted by molar-refractivity contribution is 5.23. The summed E-state index contributed by atoms with van der Waals surface area (Å²) in [6, 6.07) is 0. The van der Waals surface area contributed by atoms with Crippen LogP contribution in [0.15, 0.2) is 23.3 Å². The number of rotatable bonds is 4. The van der Waals surface area contributed by atoms with Gasteiger partial charge in [0.1, 0.15) is 0 Å². The van der Waals surface area contributed by atoms with E-state index in [1.807, 2.05) is 7.05 Å². The molecule has 1 saturated carbocycles. The molecule has 130 valence electrons. The van der Waals surface area contributed by atoms with Crippen molar-refractivity contribution in [3.63, 3.8) is 0 Å². The van der Waals surface area contributed by atoms with Crippen LogP contribution in [0, 0.1) is 17.8 Å². The number of allylic oxidation sites excluding steroid dienone is 3. The fourth-order valence-corrected chi connectivity index (χ4v) is 5.22. The van der Waals surface area contributed by atoms with E-state index in [0.717, 1.165) is 6.42 Å². The van der Waals surface area contributed by atoms with E-state index in [-0.39, 0.29) is 11.1 Å². The Morgan fingerprint density at radius 1 is 1.30 bits per heavy atom. The monoisotopic (exact) mass is 316 g/mol. The normalized spacial score (nSPS) is 45.9. The maximum absolute atomic E-state index is 6.28. The summed E-state index contributed by atoms with van der Waals surface area (Å²) in [4.78, 5) is 0. The highest BCUT2D eigenvalue weighted by atomic mass is 16.6. The van der Waals surface area contributed by atoms with Gasteiger partial charge in [0.05, 0.1) is 11.7 Å². The molecule has 0 N–H and O–H groups in total. The number of fused-ring (bicyclic) bond motifs is 1. The molecule has 1 heterocycles. The van der Waals surface area contributed by atoms with Crippen molar-refractivity contribution in [2.24, 2.45) is 17.8 Å². The molecule has 0 aromatic carbocycles. The molecule has 1 unspecified atom stereocenters. The molecule has 0 spiro atoms. The first kappa shape index (κ1) is 17.2. The molecule has 6 atom stereocenters. The minimum atomic E-state index is 0.0814. The van der Waals surface area contributed by atoms with E-state index >= 15 is 0 Å². The molecule has 23 heavy (non-hydrogen) atoms. The predicted molar refractivity (Wildman–Crippen MR) is 97.7 cm³/mol. The number of epoxide rings is 1. The van der Waals surface area contributed by atoms with E-state index in [1.54, 1.807) is 5.57 Å². The van der Waals surface area contributed by atoms with E-state index in [4.69, 9.17) is 10.1 Å².